The molecule has 104 valence electrons. The van der Waals surface area contributed by atoms with Gasteiger partial charge >= 0.3 is 0 Å². The van der Waals surface area contributed by atoms with Crippen molar-refractivity contribution >= 4 is 23.1 Å². The third-order valence-electron chi connectivity index (χ3n) is 3.05. The van der Waals surface area contributed by atoms with Crippen molar-refractivity contribution in [1.29, 1.82) is 0 Å². The largest absolute Gasteiger partial charge is 0.364 e. The predicted molar refractivity (Wildman–Crippen MR) is 76.9 cm³/mol. The summed E-state index contributed by atoms with van der Waals surface area (Å²) in [5.41, 5.74) is 2.64. The minimum atomic E-state index is -0.416. The highest BCUT2D eigenvalue weighted by atomic mass is 35.5. The zero-order valence-electron chi connectivity index (χ0n) is 11.1. The Bertz CT molecular complexity index is 661. The molecule has 2 rings (SSSR count). The summed E-state index contributed by atoms with van der Waals surface area (Å²) in [7, 11) is 0. The summed E-state index contributed by atoms with van der Waals surface area (Å²) in [6, 6.07) is 6.45. The standard InChI is InChI=1S/C13H13ClN4O2/c1-8-9(2)13(17-16-12(8)14)15-7-10-4-3-5-11(6-10)18(19)20/h3-6H,7H2,1-2H3,(H,15,17). The number of non-ortho nitro benzene ring substituents is 1. The first-order chi connectivity index (χ1) is 9.49. The van der Waals surface area contributed by atoms with Crippen LogP contribution in [0.2, 0.25) is 5.15 Å². The maximum absolute atomic E-state index is 10.7. The number of rotatable bonds is 4. The Balaban J connectivity index is 2.15. The minimum absolute atomic E-state index is 0.0689. The molecule has 1 N–H and O–H groups in total. The molecule has 0 aliphatic rings. The average molecular weight is 293 g/mol. The number of nitro groups is 1. The van der Waals surface area contributed by atoms with Crippen molar-refractivity contribution in [2.45, 2.75) is 20.4 Å². The number of benzene rings is 1. The van der Waals surface area contributed by atoms with E-state index in [1.807, 2.05) is 19.9 Å². The molecule has 20 heavy (non-hydrogen) atoms. The lowest BCUT2D eigenvalue weighted by Crippen LogP contribution is -2.06. The molecule has 0 unspecified atom stereocenters. The summed E-state index contributed by atoms with van der Waals surface area (Å²) >= 11 is 5.88. The second-order valence-electron chi connectivity index (χ2n) is 4.37. The molecule has 0 radical (unpaired) electrons. The van der Waals surface area contributed by atoms with Crippen LogP contribution in [-0.2, 0) is 6.54 Å². The van der Waals surface area contributed by atoms with E-state index < -0.39 is 4.92 Å². The summed E-state index contributed by atoms with van der Waals surface area (Å²) in [4.78, 5) is 10.3. The zero-order valence-corrected chi connectivity index (χ0v) is 11.8. The van der Waals surface area contributed by atoms with E-state index in [4.69, 9.17) is 11.6 Å². The Kier molecular flexibility index (Phi) is 4.14. The van der Waals surface area contributed by atoms with E-state index in [9.17, 15) is 10.1 Å². The van der Waals surface area contributed by atoms with Crippen LogP contribution in [0.15, 0.2) is 24.3 Å². The van der Waals surface area contributed by atoms with Crippen LogP contribution in [-0.4, -0.2) is 15.1 Å². The SMILES string of the molecule is Cc1c(Cl)nnc(NCc2cccc([N+](=O)[O-])c2)c1C. The maximum atomic E-state index is 10.7. The van der Waals surface area contributed by atoms with Crippen LogP contribution < -0.4 is 5.32 Å². The molecule has 0 amide bonds. The Morgan fingerprint density at radius 3 is 2.75 bits per heavy atom. The van der Waals surface area contributed by atoms with Crippen molar-refractivity contribution in [3.63, 3.8) is 0 Å². The molecular formula is C13H13ClN4O2. The molecule has 1 aromatic carbocycles. The van der Waals surface area contributed by atoms with Gasteiger partial charge < -0.3 is 5.32 Å². The van der Waals surface area contributed by atoms with Gasteiger partial charge in [0.25, 0.3) is 5.69 Å². The second kappa shape index (κ2) is 5.83. The van der Waals surface area contributed by atoms with Crippen molar-refractivity contribution in [3.05, 3.63) is 56.2 Å². The zero-order chi connectivity index (χ0) is 14.7. The quantitative estimate of drug-likeness (QED) is 0.691. The summed E-state index contributed by atoms with van der Waals surface area (Å²) in [5, 5.41) is 22.0. The first-order valence-electron chi connectivity index (χ1n) is 5.95. The maximum Gasteiger partial charge on any atom is 0.269 e. The van der Waals surface area contributed by atoms with Gasteiger partial charge in [-0.05, 0) is 30.5 Å². The monoisotopic (exact) mass is 292 g/mol. The van der Waals surface area contributed by atoms with E-state index in [0.29, 0.717) is 17.5 Å². The summed E-state index contributed by atoms with van der Waals surface area (Å²) in [5.74, 6) is 0.624. The van der Waals surface area contributed by atoms with E-state index in [2.05, 4.69) is 15.5 Å². The molecule has 0 atom stereocenters. The van der Waals surface area contributed by atoms with Crippen molar-refractivity contribution in [1.82, 2.24) is 10.2 Å². The molecule has 0 spiro atoms. The molecule has 1 aromatic heterocycles. The molecule has 7 heteroatoms. The Morgan fingerprint density at radius 1 is 1.30 bits per heavy atom. The Hall–Kier alpha value is -2.21. The number of anilines is 1. The van der Waals surface area contributed by atoms with Gasteiger partial charge in [-0.1, -0.05) is 23.7 Å². The Morgan fingerprint density at radius 2 is 2.05 bits per heavy atom. The smallest absolute Gasteiger partial charge is 0.269 e. The van der Waals surface area contributed by atoms with Gasteiger partial charge in [0.2, 0.25) is 0 Å². The fraction of sp³-hybridized carbons (Fsp3) is 0.231. The van der Waals surface area contributed by atoms with Gasteiger partial charge in [-0.15, -0.1) is 10.2 Å². The number of halogens is 1. The topological polar surface area (TPSA) is 81.0 Å². The minimum Gasteiger partial charge on any atom is -0.364 e. The van der Waals surface area contributed by atoms with Crippen LogP contribution in [0.1, 0.15) is 16.7 Å². The van der Waals surface area contributed by atoms with E-state index in [1.165, 1.54) is 12.1 Å². The number of nitro benzene ring substituents is 1. The lowest BCUT2D eigenvalue weighted by molar-refractivity contribution is -0.384. The van der Waals surface area contributed by atoms with Gasteiger partial charge in [-0.2, -0.15) is 0 Å². The molecule has 0 aliphatic carbocycles. The normalized spacial score (nSPS) is 10.3. The molecule has 1 heterocycles. The average Bonchev–Trinajstić information content (AvgIpc) is 2.44. The molecule has 0 saturated carbocycles. The molecular weight excluding hydrogens is 280 g/mol. The van der Waals surface area contributed by atoms with Gasteiger partial charge in [-0.3, -0.25) is 10.1 Å². The van der Waals surface area contributed by atoms with Gasteiger partial charge in [0, 0.05) is 18.7 Å². The van der Waals surface area contributed by atoms with Crippen LogP contribution in [0.5, 0.6) is 0 Å². The summed E-state index contributed by atoms with van der Waals surface area (Å²) in [6.07, 6.45) is 0. The van der Waals surface area contributed by atoms with Crippen molar-refractivity contribution in [2.75, 3.05) is 5.32 Å². The first kappa shape index (κ1) is 14.2. The summed E-state index contributed by atoms with van der Waals surface area (Å²) in [6.45, 7) is 4.19. The highest BCUT2D eigenvalue weighted by Gasteiger charge is 2.09. The van der Waals surface area contributed by atoms with Gasteiger partial charge in [0.15, 0.2) is 11.0 Å². The number of hydrogen-bond acceptors (Lipinski definition) is 5. The molecule has 0 saturated heterocycles. The molecule has 0 bridgehead atoms. The van der Waals surface area contributed by atoms with E-state index in [0.717, 1.165) is 16.7 Å². The van der Waals surface area contributed by atoms with Gasteiger partial charge in [-0.25, -0.2) is 0 Å². The van der Waals surface area contributed by atoms with Crippen molar-refractivity contribution in [3.8, 4) is 0 Å². The first-order valence-corrected chi connectivity index (χ1v) is 6.33. The molecule has 0 fully saturated rings. The van der Waals surface area contributed by atoms with Crippen molar-refractivity contribution in [2.24, 2.45) is 0 Å². The Labute approximate surface area is 120 Å². The number of nitrogens with zero attached hydrogens (tertiary/aromatic N) is 3. The number of aromatic nitrogens is 2. The molecule has 6 nitrogen and oxygen atoms in total. The fourth-order valence-corrected chi connectivity index (χ4v) is 1.89. The van der Waals surface area contributed by atoms with E-state index >= 15 is 0 Å². The van der Waals surface area contributed by atoms with E-state index in [1.54, 1.807) is 6.07 Å². The second-order valence-corrected chi connectivity index (χ2v) is 4.73. The lowest BCUT2D eigenvalue weighted by atomic mass is 10.2. The van der Waals surface area contributed by atoms with Crippen LogP contribution in [0.3, 0.4) is 0 Å². The van der Waals surface area contributed by atoms with Crippen LogP contribution in [0, 0.1) is 24.0 Å². The van der Waals surface area contributed by atoms with Crippen LogP contribution in [0.25, 0.3) is 0 Å². The molecule has 2 aromatic rings. The summed E-state index contributed by atoms with van der Waals surface area (Å²) < 4.78 is 0. The number of nitrogens with one attached hydrogen (secondary N) is 1. The van der Waals surface area contributed by atoms with Crippen LogP contribution >= 0.6 is 11.6 Å². The third kappa shape index (κ3) is 3.03. The number of hydrogen-bond donors (Lipinski definition) is 1. The van der Waals surface area contributed by atoms with Crippen LogP contribution in [0.4, 0.5) is 11.5 Å². The predicted octanol–water partition coefficient (Wildman–Crippen LogP) is 3.27. The molecule has 0 aliphatic heterocycles. The van der Waals surface area contributed by atoms with Crippen molar-refractivity contribution < 1.29 is 4.92 Å². The van der Waals surface area contributed by atoms with Gasteiger partial charge in [0.05, 0.1) is 4.92 Å². The third-order valence-corrected chi connectivity index (χ3v) is 3.41. The van der Waals surface area contributed by atoms with Gasteiger partial charge in [0.1, 0.15) is 0 Å². The van der Waals surface area contributed by atoms with E-state index in [-0.39, 0.29) is 5.69 Å². The fourth-order valence-electron chi connectivity index (χ4n) is 1.71. The lowest BCUT2D eigenvalue weighted by Gasteiger charge is -2.10. The highest BCUT2D eigenvalue weighted by molar-refractivity contribution is 6.30. The highest BCUT2D eigenvalue weighted by Crippen LogP contribution is 2.21.